The lowest BCUT2D eigenvalue weighted by atomic mass is 9.80. The van der Waals surface area contributed by atoms with Crippen molar-refractivity contribution < 1.29 is 129 Å². The van der Waals surface area contributed by atoms with Crippen molar-refractivity contribution in [1.82, 2.24) is 19.8 Å². The molecular weight excluding hydrogens is 1670 g/mol. The monoisotopic (exact) mass is 1770 g/mol. The lowest BCUT2D eigenvalue weighted by Crippen LogP contribution is -2.54. The first-order valence-corrected chi connectivity index (χ1v) is 47.2. The fraction of sp³-hybridized carbons (Fsp3) is 0.318. The highest BCUT2D eigenvalue weighted by Gasteiger charge is 2.49. The van der Waals surface area contributed by atoms with Crippen LogP contribution in [0.3, 0.4) is 0 Å². The lowest BCUT2D eigenvalue weighted by molar-refractivity contribution is -0.141. The van der Waals surface area contributed by atoms with Crippen LogP contribution < -0.4 is 47.4 Å². The van der Waals surface area contributed by atoms with Gasteiger partial charge in [0.1, 0.15) is 92.6 Å². The van der Waals surface area contributed by atoms with Crippen molar-refractivity contribution in [2.75, 3.05) is 112 Å². The average Bonchev–Trinajstić information content (AvgIpc) is 0.662. The Labute approximate surface area is 719 Å². The molecule has 0 bridgehead atoms. The summed E-state index contributed by atoms with van der Waals surface area (Å²) >= 11 is 0. The van der Waals surface area contributed by atoms with Gasteiger partial charge in [-0.25, -0.2) is 9.59 Å². The van der Waals surface area contributed by atoms with E-state index in [2.05, 4.69) is 9.97 Å². The molecule has 4 amide bonds. The van der Waals surface area contributed by atoms with Crippen LogP contribution in [-0.2, 0) is 62.7 Å². The van der Waals surface area contributed by atoms with E-state index < -0.39 is 94.7 Å². The van der Waals surface area contributed by atoms with E-state index in [4.69, 9.17) is 100 Å². The first kappa shape index (κ1) is 90.3. The molecule has 124 heavy (non-hydrogen) atoms. The second-order valence-electron chi connectivity index (χ2n) is 29.1. The normalized spacial score (nSPS) is 13.7. The Balaban J connectivity index is 1.13. The van der Waals surface area contributed by atoms with E-state index in [-0.39, 0.29) is 173 Å². The summed E-state index contributed by atoms with van der Waals surface area (Å²) in [5.74, 6) is -5.10. The van der Waals surface area contributed by atoms with Gasteiger partial charge in [0.05, 0.1) is 72.9 Å². The predicted molar refractivity (Wildman–Crippen MR) is 460 cm³/mol. The zero-order chi connectivity index (χ0) is 88.4. The molecule has 2 aliphatic heterocycles. The Hall–Kier alpha value is -11.4. The largest absolute Gasteiger partial charge is 0.503 e. The number of pyridine rings is 2. The third kappa shape index (κ3) is 18.4. The molecule has 32 nitrogen and oxygen atoms in total. The molecule has 0 N–H and O–H groups in total. The minimum absolute atomic E-state index is 0.0359. The van der Waals surface area contributed by atoms with Gasteiger partial charge < -0.3 is 100 Å². The maximum absolute atomic E-state index is 16.6. The van der Waals surface area contributed by atoms with Crippen LogP contribution in [0.25, 0.3) is 43.1 Å². The number of aromatic nitrogens is 2. The van der Waals surface area contributed by atoms with Crippen LogP contribution in [0.2, 0.25) is 24.2 Å². The molecule has 2 unspecified atom stereocenters. The summed E-state index contributed by atoms with van der Waals surface area (Å²) in [4.78, 5) is 106. The number of hydrogen-bond acceptors (Lipinski definition) is 30. The van der Waals surface area contributed by atoms with Gasteiger partial charge in [0.25, 0.3) is 23.6 Å². The molecule has 0 saturated heterocycles. The molecule has 2 atom stereocenters. The van der Waals surface area contributed by atoms with Crippen molar-refractivity contribution >= 4 is 114 Å². The fourth-order valence-corrected chi connectivity index (χ4v) is 21.1. The van der Waals surface area contributed by atoms with Crippen LogP contribution in [-0.4, -0.2) is 214 Å². The van der Waals surface area contributed by atoms with Gasteiger partial charge in [-0.15, -0.1) is 0 Å². The van der Waals surface area contributed by atoms with Gasteiger partial charge in [0.15, 0.2) is 0 Å². The van der Waals surface area contributed by atoms with Gasteiger partial charge in [0.2, 0.25) is 0 Å². The quantitative estimate of drug-likeness (QED) is 0.0113. The molecule has 9 aromatic carbocycles. The highest BCUT2D eigenvalue weighted by atomic mass is 28.4. The summed E-state index contributed by atoms with van der Waals surface area (Å²) in [6, 6.07) is 36.1. The molecule has 0 aliphatic carbocycles. The number of imide groups is 2. The van der Waals surface area contributed by atoms with Gasteiger partial charge >= 0.3 is 47.2 Å². The van der Waals surface area contributed by atoms with Crippen molar-refractivity contribution in [2.24, 2.45) is 11.8 Å². The fourth-order valence-electron chi connectivity index (χ4n) is 15.2. The molecule has 652 valence electrons. The van der Waals surface area contributed by atoms with Crippen LogP contribution >= 0.6 is 0 Å². The molecule has 11 aromatic rings. The number of carbonyl (C=O) groups excluding carboxylic acids is 6. The standard InChI is InChI=1S/C88H96N4O28Si4/c1-53(2)81(87(97)119-63-33-37-89-38-34-63)91-83(93)65-49-69(115-59-25-17-55(18-26-59)111-41-45-121(99-5,100-6)101-7)75-77-71(117-61-29-21-57(22-30-61)113-43-47-123(105-11,106-12)107-13)51-67-74-68(86(96)92(85(67)95)82(54(3)4)88(98)120-64-35-39-90-40-36-64)52-72(118-62-31-23-58(24-32-62)114-44-48-124(108-14,109-15)110-16)78(80(74)77)76-70(50-66(84(91)94)73(65)79(75)76)116-60-27-19-56(20-28-60)112-42-46-122(102-8,103-9)104-10/h17-40,49-54,81-82H,41-48H2,1-16H3. The molecule has 36 heteroatoms. The summed E-state index contributed by atoms with van der Waals surface area (Å²) < 4.78 is 134. The Morgan fingerprint density at radius 1 is 0.282 bits per heavy atom. The van der Waals surface area contributed by atoms with E-state index in [0.717, 1.165) is 9.80 Å². The molecule has 0 radical (unpaired) electrons. The van der Waals surface area contributed by atoms with Gasteiger partial charge in [-0.2, -0.15) is 0 Å². The third-order valence-electron chi connectivity index (χ3n) is 21.6. The maximum Gasteiger partial charge on any atom is 0.503 e. The molecular formula is C88H96N4O28Si4. The lowest BCUT2D eigenvalue weighted by Gasteiger charge is -2.36. The van der Waals surface area contributed by atoms with Crippen LogP contribution in [0.1, 0.15) is 69.1 Å². The summed E-state index contributed by atoms with van der Waals surface area (Å²) in [5, 5.41) is 0.764. The Morgan fingerprint density at radius 2 is 0.484 bits per heavy atom. The number of nitrogens with zero attached hydrogens (tertiary/aromatic N) is 4. The average molecular weight is 1770 g/mol. The molecule has 0 saturated carbocycles. The molecule has 2 aromatic heterocycles. The van der Waals surface area contributed by atoms with E-state index in [1.807, 2.05) is 0 Å². The zero-order valence-corrected chi connectivity index (χ0v) is 75.4. The SMILES string of the molecule is CO[Si](CCOc1ccc(Oc2cc3c4c(cc(Oc5ccc(OCC[Si](OC)(OC)OC)cc5)c5c6c(Oc7ccc(OCC[Si](OC)(OC)OC)cc7)cc7c8c(cc(Oc9ccc(OCC[Si](OC)(OC)OC)cc9)c(c2c45)c86)C(=O)N(C(C(=O)Oc2ccncc2)C(C)C)C7=O)C(=O)N(C(C(=O)Oc2ccncc2)C(C)C)C3=O)cc1)(OC)OC. The van der Waals surface area contributed by atoms with Gasteiger partial charge in [0, 0.05) is 153 Å². The number of esters is 2. The third-order valence-corrected chi connectivity index (χ3v) is 32.4. The van der Waals surface area contributed by atoms with Crippen LogP contribution in [0, 0.1) is 11.8 Å². The van der Waals surface area contributed by atoms with E-state index in [9.17, 15) is 0 Å². The Morgan fingerprint density at radius 3 is 0.677 bits per heavy atom. The number of hydrogen-bond donors (Lipinski definition) is 0. The zero-order valence-electron chi connectivity index (χ0n) is 71.4. The minimum atomic E-state index is -3.10. The van der Waals surface area contributed by atoms with E-state index in [0.29, 0.717) is 23.0 Å². The van der Waals surface area contributed by atoms with Crippen LogP contribution in [0.15, 0.2) is 170 Å². The highest BCUT2D eigenvalue weighted by molar-refractivity contribution is 6.62. The first-order valence-electron chi connectivity index (χ1n) is 39.5. The van der Waals surface area contributed by atoms with Gasteiger partial charge in [-0.3, -0.25) is 38.9 Å². The second-order valence-corrected chi connectivity index (χ2v) is 41.5. The number of benzene rings is 9. The van der Waals surface area contributed by atoms with Crippen LogP contribution in [0.4, 0.5) is 0 Å². The Bertz CT molecular complexity index is 5000. The topological polar surface area (TPSA) is 338 Å². The van der Waals surface area contributed by atoms with Crippen molar-refractivity contribution in [3.8, 4) is 80.5 Å². The van der Waals surface area contributed by atoms with Crippen molar-refractivity contribution in [1.29, 1.82) is 0 Å². The number of rotatable bonds is 44. The minimum Gasteiger partial charge on any atom is -0.494 e. The van der Waals surface area contributed by atoms with Gasteiger partial charge in [-0.05, 0) is 157 Å². The molecule has 2 aliphatic rings. The summed E-state index contributed by atoms with van der Waals surface area (Å²) in [6.45, 7) is 7.18. The van der Waals surface area contributed by atoms with E-state index >= 15 is 28.8 Å². The summed E-state index contributed by atoms with van der Waals surface area (Å²) in [7, 11) is 5.63. The summed E-state index contributed by atoms with van der Waals surface area (Å²) in [5.41, 5.74) is -0.567. The molecule has 13 rings (SSSR count). The smallest absolute Gasteiger partial charge is 0.494 e. The van der Waals surface area contributed by atoms with Gasteiger partial charge in [-0.1, -0.05) is 27.7 Å². The summed E-state index contributed by atoms with van der Waals surface area (Å²) in [6.07, 6.45) is 5.72. The van der Waals surface area contributed by atoms with E-state index in [1.165, 1.54) is 159 Å². The number of carbonyl (C=O) groups is 6. The molecule has 0 fully saturated rings. The maximum atomic E-state index is 16.6. The van der Waals surface area contributed by atoms with Crippen LogP contribution in [0.5, 0.6) is 80.5 Å². The second kappa shape index (κ2) is 39.2. The predicted octanol–water partition coefficient (Wildman–Crippen LogP) is 15.2. The number of fused-ring (bicyclic) bond motifs is 2. The highest BCUT2D eigenvalue weighted by Crippen LogP contribution is 2.59. The van der Waals surface area contributed by atoms with Crippen molar-refractivity contribution in [2.45, 2.75) is 64.0 Å². The first-order chi connectivity index (χ1) is 59.9. The Kier molecular flexibility index (Phi) is 28.6. The number of ether oxygens (including phenoxy) is 10. The molecule has 4 heterocycles. The molecule has 0 spiro atoms. The number of amides is 4. The van der Waals surface area contributed by atoms with E-state index in [1.54, 1.807) is 125 Å². The van der Waals surface area contributed by atoms with Crippen molar-refractivity contribution in [3.05, 3.63) is 193 Å². The van der Waals surface area contributed by atoms with Crippen molar-refractivity contribution in [3.63, 3.8) is 0 Å².